The number of hydrogen-bond acceptors (Lipinski definition) is 3. The highest BCUT2D eigenvalue weighted by Gasteiger charge is 2.37. The molecule has 0 amide bonds. The van der Waals surface area contributed by atoms with Crippen LogP contribution in [0.1, 0.15) is 13.3 Å². The molecule has 1 N–H and O–H groups in total. The number of rotatable bonds is 1. The summed E-state index contributed by atoms with van der Waals surface area (Å²) in [5.74, 6) is 0. The van der Waals surface area contributed by atoms with Gasteiger partial charge in [0, 0.05) is 31.7 Å². The number of likely N-dealkylation sites (tertiary alicyclic amines) is 2. The average molecular weight is 170 g/mol. The second-order valence-electron chi connectivity index (χ2n) is 4.31. The summed E-state index contributed by atoms with van der Waals surface area (Å²) in [6.07, 6.45) is 0.881. The highest BCUT2D eigenvalue weighted by molar-refractivity contribution is 4.93. The fourth-order valence-electron chi connectivity index (χ4n) is 2.41. The quantitative estimate of drug-likeness (QED) is 0.588. The Morgan fingerprint density at radius 2 is 1.92 bits per heavy atom. The van der Waals surface area contributed by atoms with Gasteiger partial charge in [0.2, 0.25) is 0 Å². The molecule has 2 aliphatic heterocycles. The van der Waals surface area contributed by atoms with Crippen LogP contribution in [0.15, 0.2) is 0 Å². The van der Waals surface area contributed by atoms with Crippen molar-refractivity contribution >= 4 is 0 Å². The summed E-state index contributed by atoms with van der Waals surface area (Å²) in [6.45, 7) is 5.46. The molecule has 2 heterocycles. The molecule has 0 bridgehead atoms. The van der Waals surface area contributed by atoms with Gasteiger partial charge >= 0.3 is 0 Å². The van der Waals surface area contributed by atoms with Gasteiger partial charge in [0.15, 0.2) is 0 Å². The molecular formula is C9H18N2O. The first-order valence-electron chi connectivity index (χ1n) is 4.79. The van der Waals surface area contributed by atoms with Crippen LogP contribution in [-0.4, -0.2) is 59.8 Å². The van der Waals surface area contributed by atoms with E-state index in [4.69, 9.17) is 0 Å². The molecule has 70 valence electrons. The molecule has 3 nitrogen and oxygen atoms in total. The van der Waals surface area contributed by atoms with Crippen LogP contribution in [0.25, 0.3) is 0 Å². The Labute approximate surface area is 74.0 Å². The van der Waals surface area contributed by atoms with E-state index < -0.39 is 0 Å². The Morgan fingerprint density at radius 3 is 2.33 bits per heavy atom. The van der Waals surface area contributed by atoms with Gasteiger partial charge in [-0.2, -0.15) is 0 Å². The first kappa shape index (κ1) is 8.48. The zero-order chi connectivity index (χ0) is 8.72. The summed E-state index contributed by atoms with van der Waals surface area (Å²) in [7, 11) is 2.15. The van der Waals surface area contributed by atoms with E-state index in [0.29, 0.717) is 12.1 Å². The smallest absolute Gasteiger partial charge is 0.0682 e. The van der Waals surface area contributed by atoms with Crippen LogP contribution in [0.3, 0.4) is 0 Å². The summed E-state index contributed by atoms with van der Waals surface area (Å²) in [5, 5.41) is 9.45. The number of aliphatic hydroxyl groups is 1. The van der Waals surface area contributed by atoms with E-state index in [1.807, 2.05) is 0 Å². The fraction of sp³-hybridized carbons (Fsp3) is 1.00. The second-order valence-corrected chi connectivity index (χ2v) is 4.31. The van der Waals surface area contributed by atoms with Gasteiger partial charge in [-0.15, -0.1) is 0 Å². The maximum absolute atomic E-state index is 9.45. The number of nitrogens with zero attached hydrogens (tertiary/aromatic N) is 2. The summed E-state index contributed by atoms with van der Waals surface area (Å²) >= 11 is 0. The number of likely N-dealkylation sites (N-methyl/N-ethyl adjacent to an activating group) is 1. The lowest BCUT2D eigenvalue weighted by Gasteiger charge is -2.43. The minimum absolute atomic E-state index is 0.0779. The Morgan fingerprint density at radius 1 is 1.25 bits per heavy atom. The van der Waals surface area contributed by atoms with Crippen LogP contribution in [0, 0.1) is 0 Å². The van der Waals surface area contributed by atoms with E-state index in [1.54, 1.807) is 0 Å². The third-order valence-electron chi connectivity index (χ3n) is 3.11. The molecular weight excluding hydrogens is 152 g/mol. The van der Waals surface area contributed by atoms with Crippen molar-refractivity contribution in [2.75, 3.05) is 26.7 Å². The lowest BCUT2D eigenvalue weighted by molar-refractivity contribution is 0.0416. The highest BCUT2D eigenvalue weighted by atomic mass is 16.3. The van der Waals surface area contributed by atoms with Crippen molar-refractivity contribution in [3.05, 3.63) is 0 Å². The predicted molar refractivity (Wildman–Crippen MR) is 48.1 cm³/mol. The largest absolute Gasteiger partial charge is 0.392 e. The summed E-state index contributed by atoms with van der Waals surface area (Å²) in [5.41, 5.74) is 0. The molecule has 0 aliphatic carbocycles. The SMILES string of the molecule is C[C@@H]1C[C@H](O)CN1C1CN(C)C1. The van der Waals surface area contributed by atoms with Gasteiger partial charge in [-0.25, -0.2) is 0 Å². The van der Waals surface area contributed by atoms with Gasteiger partial charge in [0.05, 0.1) is 6.10 Å². The fourth-order valence-corrected chi connectivity index (χ4v) is 2.41. The molecule has 12 heavy (non-hydrogen) atoms. The molecule has 2 rings (SSSR count). The van der Waals surface area contributed by atoms with Gasteiger partial charge in [-0.1, -0.05) is 0 Å². The lowest BCUT2D eigenvalue weighted by Crippen LogP contribution is -2.58. The first-order chi connectivity index (χ1) is 5.66. The molecule has 3 heteroatoms. The Balaban J connectivity index is 1.88. The van der Waals surface area contributed by atoms with Crippen molar-refractivity contribution in [3.8, 4) is 0 Å². The minimum atomic E-state index is -0.0779. The molecule has 0 spiro atoms. The van der Waals surface area contributed by atoms with Gasteiger partial charge < -0.3 is 10.0 Å². The van der Waals surface area contributed by atoms with Crippen LogP contribution >= 0.6 is 0 Å². The number of hydrogen-bond donors (Lipinski definition) is 1. The van der Waals surface area contributed by atoms with Crippen molar-refractivity contribution in [1.82, 2.24) is 9.80 Å². The number of aliphatic hydroxyl groups excluding tert-OH is 1. The van der Waals surface area contributed by atoms with Gasteiger partial charge in [-0.3, -0.25) is 4.90 Å². The summed E-state index contributed by atoms with van der Waals surface area (Å²) in [4.78, 5) is 4.77. The van der Waals surface area contributed by atoms with E-state index in [-0.39, 0.29) is 6.10 Å². The zero-order valence-electron chi connectivity index (χ0n) is 7.90. The monoisotopic (exact) mass is 170 g/mol. The average Bonchev–Trinajstić information content (AvgIpc) is 2.23. The van der Waals surface area contributed by atoms with Crippen molar-refractivity contribution in [2.45, 2.75) is 31.5 Å². The van der Waals surface area contributed by atoms with Gasteiger partial charge in [0.25, 0.3) is 0 Å². The molecule has 2 aliphatic rings. The highest BCUT2D eigenvalue weighted by Crippen LogP contribution is 2.24. The Hall–Kier alpha value is -0.120. The van der Waals surface area contributed by atoms with Crippen LogP contribution in [-0.2, 0) is 0 Å². The van der Waals surface area contributed by atoms with Crippen LogP contribution in [0.4, 0.5) is 0 Å². The van der Waals surface area contributed by atoms with E-state index in [1.165, 1.54) is 13.1 Å². The van der Waals surface area contributed by atoms with Crippen molar-refractivity contribution in [3.63, 3.8) is 0 Å². The minimum Gasteiger partial charge on any atom is -0.392 e. The summed E-state index contributed by atoms with van der Waals surface area (Å²) < 4.78 is 0. The standard InChI is InChI=1S/C9H18N2O/c1-7-3-9(12)6-11(7)8-4-10(2)5-8/h7-9,12H,3-6H2,1-2H3/t7-,9+/m1/s1. The zero-order valence-corrected chi connectivity index (χ0v) is 7.90. The molecule has 2 atom stereocenters. The number of β-amino-alcohol motifs (C(OH)–C–C–N with tert-alkyl or cyclic N) is 1. The van der Waals surface area contributed by atoms with Crippen molar-refractivity contribution < 1.29 is 5.11 Å². The molecule has 2 saturated heterocycles. The first-order valence-corrected chi connectivity index (χ1v) is 4.79. The van der Waals surface area contributed by atoms with Crippen molar-refractivity contribution in [1.29, 1.82) is 0 Å². The third-order valence-corrected chi connectivity index (χ3v) is 3.11. The molecule has 2 fully saturated rings. The van der Waals surface area contributed by atoms with Gasteiger partial charge in [-0.05, 0) is 20.4 Å². The van der Waals surface area contributed by atoms with E-state index >= 15 is 0 Å². The molecule has 0 saturated carbocycles. The molecule has 0 radical (unpaired) electrons. The van der Waals surface area contributed by atoms with Gasteiger partial charge in [0.1, 0.15) is 0 Å². The van der Waals surface area contributed by atoms with E-state index in [0.717, 1.165) is 13.0 Å². The molecule has 0 unspecified atom stereocenters. The van der Waals surface area contributed by atoms with Crippen LogP contribution < -0.4 is 0 Å². The maximum Gasteiger partial charge on any atom is 0.0682 e. The van der Waals surface area contributed by atoms with Crippen LogP contribution in [0.5, 0.6) is 0 Å². The molecule has 0 aromatic rings. The molecule has 0 aromatic heterocycles. The maximum atomic E-state index is 9.45. The topological polar surface area (TPSA) is 26.7 Å². The lowest BCUT2D eigenvalue weighted by atomic mass is 10.1. The summed E-state index contributed by atoms with van der Waals surface area (Å²) in [6, 6.07) is 1.29. The predicted octanol–water partition coefficient (Wildman–Crippen LogP) is -0.245. The Kier molecular flexibility index (Phi) is 2.10. The Bertz CT molecular complexity index is 168. The molecule has 0 aromatic carbocycles. The van der Waals surface area contributed by atoms with Crippen molar-refractivity contribution in [2.24, 2.45) is 0 Å². The normalized spacial score (nSPS) is 40.2. The van der Waals surface area contributed by atoms with E-state index in [2.05, 4.69) is 23.8 Å². The second kappa shape index (κ2) is 2.98. The third kappa shape index (κ3) is 1.37. The van der Waals surface area contributed by atoms with E-state index in [9.17, 15) is 5.11 Å². The van der Waals surface area contributed by atoms with Crippen LogP contribution in [0.2, 0.25) is 0 Å².